The number of ether oxygens (including phenoxy) is 2. The minimum atomic E-state index is -0.0726. The molecule has 2 N–H and O–H groups in total. The number of aromatic nitrogens is 3. The lowest BCUT2D eigenvalue weighted by Crippen LogP contribution is -2.50. The van der Waals surface area contributed by atoms with E-state index in [4.69, 9.17) is 31.8 Å². The van der Waals surface area contributed by atoms with Gasteiger partial charge < -0.3 is 25.0 Å². The highest BCUT2D eigenvalue weighted by atomic mass is 35.5. The monoisotopic (exact) mass is 504 g/mol. The Morgan fingerprint density at radius 3 is 2.31 bits per heavy atom. The molecule has 0 radical (unpaired) electrons. The molecule has 10 heteroatoms. The van der Waals surface area contributed by atoms with E-state index in [1.54, 1.807) is 36.3 Å². The van der Waals surface area contributed by atoms with Gasteiger partial charge in [-0.15, -0.1) is 0 Å². The van der Waals surface area contributed by atoms with Crippen molar-refractivity contribution in [3.8, 4) is 22.8 Å². The van der Waals surface area contributed by atoms with Crippen molar-refractivity contribution < 1.29 is 14.3 Å². The number of anilines is 2. The number of piperazine rings is 1. The van der Waals surface area contributed by atoms with Crippen LogP contribution in [0.4, 0.5) is 11.8 Å². The van der Waals surface area contributed by atoms with Gasteiger partial charge in [0.1, 0.15) is 17.0 Å². The highest BCUT2D eigenvalue weighted by Gasteiger charge is 2.24. The summed E-state index contributed by atoms with van der Waals surface area (Å²) in [4.78, 5) is 30.3. The van der Waals surface area contributed by atoms with Gasteiger partial charge in [0.2, 0.25) is 5.95 Å². The van der Waals surface area contributed by atoms with Gasteiger partial charge in [-0.25, -0.2) is 9.97 Å². The molecule has 1 amide bonds. The van der Waals surface area contributed by atoms with Gasteiger partial charge >= 0.3 is 0 Å². The number of hydrogen-bond acceptors (Lipinski definition) is 8. The second-order valence-electron chi connectivity index (χ2n) is 8.31. The summed E-state index contributed by atoms with van der Waals surface area (Å²) in [6.45, 7) is 2.22. The molecule has 3 heterocycles. The standard InChI is InChI=1S/C26H25ClN6O3/c1-35-19-6-2-17(3-7-19)21-10-11-22-24(29-21)25(31-26(28)30-22)33-14-12-32(13-15-33)23(34)16-36-20-8-4-18(27)5-9-20/h2-11H,12-16H2,1H3,(H2,28,30,31). The molecule has 2 aromatic heterocycles. The number of nitrogen functional groups attached to an aromatic ring is 1. The molecule has 184 valence electrons. The highest BCUT2D eigenvalue weighted by Crippen LogP contribution is 2.28. The number of fused-ring (bicyclic) bond motifs is 1. The van der Waals surface area contributed by atoms with Crippen molar-refractivity contribution in [2.24, 2.45) is 0 Å². The van der Waals surface area contributed by atoms with Gasteiger partial charge in [-0.3, -0.25) is 4.79 Å². The van der Waals surface area contributed by atoms with E-state index in [1.165, 1.54) is 0 Å². The van der Waals surface area contributed by atoms with E-state index >= 15 is 0 Å². The lowest BCUT2D eigenvalue weighted by atomic mass is 10.1. The van der Waals surface area contributed by atoms with Crippen LogP contribution in [0, 0.1) is 0 Å². The van der Waals surface area contributed by atoms with Crippen LogP contribution < -0.4 is 20.1 Å². The van der Waals surface area contributed by atoms with Crippen molar-refractivity contribution >= 4 is 40.3 Å². The normalized spacial score (nSPS) is 13.6. The number of rotatable bonds is 6. The van der Waals surface area contributed by atoms with Crippen LogP contribution in [0.25, 0.3) is 22.3 Å². The quantitative estimate of drug-likeness (QED) is 0.424. The van der Waals surface area contributed by atoms with E-state index in [9.17, 15) is 4.79 Å². The molecule has 0 saturated carbocycles. The molecule has 9 nitrogen and oxygen atoms in total. The third-order valence-electron chi connectivity index (χ3n) is 6.03. The maximum absolute atomic E-state index is 12.7. The van der Waals surface area contributed by atoms with Crippen LogP contribution in [-0.2, 0) is 4.79 Å². The number of halogens is 1. The number of methoxy groups -OCH3 is 1. The first kappa shape index (κ1) is 23.6. The molecule has 4 aromatic rings. The van der Waals surface area contributed by atoms with E-state index in [0.29, 0.717) is 53.8 Å². The Hall–Kier alpha value is -4.11. The van der Waals surface area contributed by atoms with Crippen molar-refractivity contribution in [2.45, 2.75) is 0 Å². The molecule has 1 fully saturated rings. The van der Waals surface area contributed by atoms with E-state index in [1.807, 2.05) is 36.4 Å². The van der Waals surface area contributed by atoms with Crippen LogP contribution in [0.15, 0.2) is 60.7 Å². The fourth-order valence-corrected chi connectivity index (χ4v) is 4.22. The Bertz CT molecular complexity index is 1370. The Kier molecular flexibility index (Phi) is 6.73. The van der Waals surface area contributed by atoms with Crippen LogP contribution in [0.3, 0.4) is 0 Å². The van der Waals surface area contributed by atoms with Crippen molar-refractivity contribution in [1.29, 1.82) is 0 Å². The SMILES string of the molecule is COc1ccc(-c2ccc3nc(N)nc(N4CCN(C(=O)COc5ccc(Cl)cc5)CC4)c3n2)cc1. The third kappa shape index (κ3) is 5.11. The van der Waals surface area contributed by atoms with Crippen LogP contribution in [0.1, 0.15) is 0 Å². The zero-order chi connectivity index (χ0) is 25.1. The lowest BCUT2D eigenvalue weighted by molar-refractivity contribution is -0.133. The highest BCUT2D eigenvalue weighted by molar-refractivity contribution is 6.30. The van der Waals surface area contributed by atoms with Gasteiger partial charge in [0.15, 0.2) is 12.4 Å². The lowest BCUT2D eigenvalue weighted by Gasteiger charge is -2.35. The van der Waals surface area contributed by atoms with Crippen LogP contribution in [0.5, 0.6) is 11.5 Å². The Morgan fingerprint density at radius 2 is 1.61 bits per heavy atom. The smallest absolute Gasteiger partial charge is 0.260 e. The van der Waals surface area contributed by atoms with Crippen molar-refractivity contribution in [3.63, 3.8) is 0 Å². The molecule has 0 atom stereocenters. The first-order valence-corrected chi connectivity index (χ1v) is 11.9. The fraction of sp³-hybridized carbons (Fsp3) is 0.231. The number of hydrogen-bond donors (Lipinski definition) is 1. The summed E-state index contributed by atoms with van der Waals surface area (Å²) in [5, 5.41) is 0.619. The molecule has 1 aliphatic rings. The second kappa shape index (κ2) is 10.2. The molecule has 2 aromatic carbocycles. The summed E-state index contributed by atoms with van der Waals surface area (Å²) in [5.41, 5.74) is 9.11. The van der Waals surface area contributed by atoms with Crippen LogP contribution >= 0.6 is 11.6 Å². The summed E-state index contributed by atoms with van der Waals surface area (Å²) in [7, 11) is 1.64. The van der Waals surface area contributed by atoms with Crippen LogP contribution in [0.2, 0.25) is 5.02 Å². The molecule has 0 unspecified atom stereocenters. The summed E-state index contributed by atoms with van der Waals surface area (Å²) < 4.78 is 10.9. The van der Waals surface area contributed by atoms with E-state index < -0.39 is 0 Å². The zero-order valence-corrected chi connectivity index (χ0v) is 20.5. The number of amides is 1. The summed E-state index contributed by atoms with van der Waals surface area (Å²) in [5.74, 6) is 2.16. The average Bonchev–Trinajstić information content (AvgIpc) is 2.92. The molecular weight excluding hydrogens is 480 g/mol. The molecule has 0 aliphatic carbocycles. The predicted molar refractivity (Wildman–Crippen MR) is 139 cm³/mol. The number of benzene rings is 2. The molecular formula is C26H25ClN6O3. The molecule has 5 rings (SSSR count). The molecule has 1 saturated heterocycles. The molecule has 0 bridgehead atoms. The first-order chi connectivity index (χ1) is 17.5. The topological polar surface area (TPSA) is 107 Å². The molecule has 0 spiro atoms. The van der Waals surface area contributed by atoms with Gasteiger partial charge in [0.05, 0.1) is 18.3 Å². The number of carbonyl (C=O) groups excluding carboxylic acids is 1. The minimum Gasteiger partial charge on any atom is -0.497 e. The average molecular weight is 505 g/mol. The summed E-state index contributed by atoms with van der Waals surface area (Å²) in [6.07, 6.45) is 0. The zero-order valence-electron chi connectivity index (χ0n) is 19.7. The number of nitrogens with two attached hydrogens (primary N) is 1. The van der Waals surface area contributed by atoms with Gasteiger partial charge in [-0.1, -0.05) is 11.6 Å². The Balaban J connectivity index is 1.30. The number of carbonyl (C=O) groups is 1. The predicted octanol–water partition coefficient (Wildman–Crippen LogP) is 3.66. The number of pyridine rings is 1. The van der Waals surface area contributed by atoms with Gasteiger partial charge in [-0.05, 0) is 60.7 Å². The Morgan fingerprint density at radius 1 is 0.917 bits per heavy atom. The van der Waals surface area contributed by atoms with Crippen LogP contribution in [-0.4, -0.2) is 65.7 Å². The maximum atomic E-state index is 12.7. The summed E-state index contributed by atoms with van der Waals surface area (Å²) >= 11 is 5.90. The van der Waals surface area contributed by atoms with E-state index in [0.717, 1.165) is 17.0 Å². The van der Waals surface area contributed by atoms with E-state index in [-0.39, 0.29) is 18.5 Å². The molecule has 1 aliphatic heterocycles. The van der Waals surface area contributed by atoms with Crippen molar-refractivity contribution in [2.75, 3.05) is 50.5 Å². The van der Waals surface area contributed by atoms with Gasteiger partial charge in [-0.2, -0.15) is 4.98 Å². The minimum absolute atomic E-state index is 0.0300. The van der Waals surface area contributed by atoms with Gasteiger partial charge in [0, 0.05) is 36.8 Å². The third-order valence-corrected chi connectivity index (χ3v) is 6.29. The maximum Gasteiger partial charge on any atom is 0.260 e. The first-order valence-electron chi connectivity index (χ1n) is 11.5. The molecule has 36 heavy (non-hydrogen) atoms. The van der Waals surface area contributed by atoms with Gasteiger partial charge in [0.25, 0.3) is 5.91 Å². The van der Waals surface area contributed by atoms with Crippen molar-refractivity contribution in [3.05, 3.63) is 65.7 Å². The summed E-state index contributed by atoms with van der Waals surface area (Å²) in [6, 6.07) is 18.5. The fourth-order valence-electron chi connectivity index (χ4n) is 4.09. The van der Waals surface area contributed by atoms with Crippen molar-refractivity contribution in [1.82, 2.24) is 19.9 Å². The Labute approximate surface area is 213 Å². The van der Waals surface area contributed by atoms with E-state index in [2.05, 4.69) is 14.9 Å². The second-order valence-corrected chi connectivity index (χ2v) is 8.75. The number of nitrogens with zero attached hydrogens (tertiary/aromatic N) is 5. The largest absolute Gasteiger partial charge is 0.497 e.